The molecule has 0 unspecified atom stereocenters. The summed E-state index contributed by atoms with van der Waals surface area (Å²) < 4.78 is 0. The molecular weight excluding hydrogens is 364 g/mol. The van der Waals surface area contributed by atoms with Gasteiger partial charge in [0.05, 0.1) is 11.6 Å². The third-order valence-electron chi connectivity index (χ3n) is 4.99. The highest BCUT2D eigenvalue weighted by molar-refractivity contribution is 5.94. The number of carbonyl (C=O) groups is 2. The van der Waals surface area contributed by atoms with E-state index < -0.39 is 0 Å². The molecule has 0 atom stereocenters. The SMILES string of the molecule is CNC(=O)c1ccc(/C=C/C(=O)N2CCN(Cc3ccc(C#N)cc3)CC2)cc1. The number of nitriles is 1. The molecule has 0 aliphatic carbocycles. The fourth-order valence-corrected chi connectivity index (χ4v) is 3.23. The molecule has 1 aliphatic heterocycles. The third kappa shape index (κ3) is 5.53. The first kappa shape index (κ1) is 20.3. The zero-order valence-corrected chi connectivity index (χ0v) is 16.5. The fraction of sp³-hybridized carbons (Fsp3) is 0.261. The predicted molar refractivity (Wildman–Crippen MR) is 112 cm³/mol. The van der Waals surface area contributed by atoms with Gasteiger partial charge in [0, 0.05) is 51.4 Å². The lowest BCUT2D eigenvalue weighted by Crippen LogP contribution is -2.47. The summed E-state index contributed by atoms with van der Waals surface area (Å²) >= 11 is 0. The molecule has 6 nitrogen and oxygen atoms in total. The first-order valence-corrected chi connectivity index (χ1v) is 9.59. The molecule has 0 spiro atoms. The molecule has 2 aromatic carbocycles. The normalized spacial score (nSPS) is 14.6. The van der Waals surface area contributed by atoms with Gasteiger partial charge in [-0.15, -0.1) is 0 Å². The van der Waals surface area contributed by atoms with E-state index in [1.807, 2.05) is 41.3 Å². The van der Waals surface area contributed by atoms with Gasteiger partial charge in [-0.2, -0.15) is 5.26 Å². The Bertz CT molecular complexity index is 919. The molecule has 1 N–H and O–H groups in total. The van der Waals surface area contributed by atoms with Crippen molar-refractivity contribution in [3.05, 3.63) is 76.9 Å². The van der Waals surface area contributed by atoms with Gasteiger partial charge in [-0.25, -0.2) is 0 Å². The smallest absolute Gasteiger partial charge is 0.251 e. The van der Waals surface area contributed by atoms with Crippen LogP contribution in [0, 0.1) is 11.3 Å². The van der Waals surface area contributed by atoms with Gasteiger partial charge in [-0.05, 0) is 41.5 Å². The quantitative estimate of drug-likeness (QED) is 0.798. The maximum Gasteiger partial charge on any atom is 0.251 e. The molecule has 148 valence electrons. The summed E-state index contributed by atoms with van der Waals surface area (Å²) in [5, 5.41) is 11.5. The second-order valence-corrected chi connectivity index (χ2v) is 6.94. The maximum absolute atomic E-state index is 12.5. The molecule has 0 saturated carbocycles. The van der Waals surface area contributed by atoms with E-state index in [0.717, 1.165) is 25.2 Å². The highest BCUT2D eigenvalue weighted by atomic mass is 16.2. The number of hydrogen-bond acceptors (Lipinski definition) is 4. The minimum atomic E-state index is -0.129. The van der Waals surface area contributed by atoms with Crippen LogP contribution in [0.5, 0.6) is 0 Å². The highest BCUT2D eigenvalue weighted by Crippen LogP contribution is 2.11. The zero-order valence-electron chi connectivity index (χ0n) is 16.5. The molecule has 1 saturated heterocycles. The van der Waals surface area contributed by atoms with Crippen molar-refractivity contribution in [1.29, 1.82) is 5.26 Å². The van der Waals surface area contributed by atoms with Gasteiger partial charge >= 0.3 is 0 Å². The Labute approximate surface area is 171 Å². The molecule has 6 heteroatoms. The van der Waals surface area contributed by atoms with Crippen molar-refractivity contribution in [3.63, 3.8) is 0 Å². The number of amides is 2. The Balaban J connectivity index is 1.48. The molecule has 2 amide bonds. The summed E-state index contributed by atoms with van der Waals surface area (Å²) in [6.07, 6.45) is 3.37. The van der Waals surface area contributed by atoms with E-state index in [1.54, 1.807) is 31.3 Å². The molecule has 0 radical (unpaired) electrons. The molecule has 1 aliphatic rings. The van der Waals surface area contributed by atoms with Gasteiger partial charge in [0.2, 0.25) is 5.91 Å². The van der Waals surface area contributed by atoms with Gasteiger partial charge in [-0.3, -0.25) is 14.5 Å². The Kier molecular flexibility index (Phi) is 6.77. The van der Waals surface area contributed by atoms with Gasteiger partial charge in [0.25, 0.3) is 5.91 Å². The topological polar surface area (TPSA) is 76.4 Å². The van der Waals surface area contributed by atoms with Crippen LogP contribution in [0.25, 0.3) is 6.08 Å². The molecule has 2 aromatic rings. The van der Waals surface area contributed by atoms with Crippen molar-refractivity contribution in [1.82, 2.24) is 15.1 Å². The predicted octanol–water partition coefficient (Wildman–Crippen LogP) is 2.28. The lowest BCUT2D eigenvalue weighted by Gasteiger charge is -2.34. The van der Waals surface area contributed by atoms with Crippen LogP contribution in [0.4, 0.5) is 0 Å². The lowest BCUT2D eigenvalue weighted by atomic mass is 10.1. The molecule has 3 rings (SSSR count). The number of benzene rings is 2. The number of rotatable bonds is 5. The van der Waals surface area contributed by atoms with E-state index in [9.17, 15) is 9.59 Å². The largest absolute Gasteiger partial charge is 0.355 e. The average molecular weight is 388 g/mol. The van der Waals surface area contributed by atoms with E-state index in [1.165, 1.54) is 5.56 Å². The van der Waals surface area contributed by atoms with E-state index in [-0.39, 0.29) is 11.8 Å². The number of nitrogens with one attached hydrogen (secondary N) is 1. The van der Waals surface area contributed by atoms with Gasteiger partial charge in [-0.1, -0.05) is 24.3 Å². The Hall–Kier alpha value is -3.43. The minimum Gasteiger partial charge on any atom is -0.355 e. The summed E-state index contributed by atoms with van der Waals surface area (Å²) in [5.41, 5.74) is 3.31. The summed E-state index contributed by atoms with van der Waals surface area (Å²) in [7, 11) is 1.60. The second kappa shape index (κ2) is 9.67. The minimum absolute atomic E-state index is 0.00148. The lowest BCUT2D eigenvalue weighted by molar-refractivity contribution is -0.127. The summed E-state index contributed by atoms with van der Waals surface area (Å²) in [6, 6.07) is 16.9. The molecule has 1 fully saturated rings. The van der Waals surface area contributed by atoms with Crippen LogP contribution in [-0.2, 0) is 11.3 Å². The van der Waals surface area contributed by atoms with Gasteiger partial charge in [0.1, 0.15) is 0 Å². The van der Waals surface area contributed by atoms with Gasteiger partial charge < -0.3 is 10.2 Å². The molecule has 0 aromatic heterocycles. The summed E-state index contributed by atoms with van der Waals surface area (Å²) in [5.74, 6) is -0.131. The van der Waals surface area contributed by atoms with Crippen molar-refractivity contribution in [2.45, 2.75) is 6.54 Å². The molecular formula is C23H24N4O2. The van der Waals surface area contributed by atoms with Crippen LogP contribution in [-0.4, -0.2) is 54.8 Å². The fourth-order valence-electron chi connectivity index (χ4n) is 3.23. The van der Waals surface area contributed by atoms with E-state index in [2.05, 4.69) is 16.3 Å². The Morgan fingerprint density at radius 2 is 1.69 bits per heavy atom. The number of nitrogens with zero attached hydrogens (tertiary/aromatic N) is 3. The second-order valence-electron chi connectivity index (χ2n) is 6.94. The van der Waals surface area contributed by atoms with Crippen LogP contribution < -0.4 is 5.32 Å². The maximum atomic E-state index is 12.5. The van der Waals surface area contributed by atoms with E-state index >= 15 is 0 Å². The number of hydrogen-bond donors (Lipinski definition) is 1. The van der Waals surface area contributed by atoms with Crippen molar-refractivity contribution in [2.24, 2.45) is 0 Å². The van der Waals surface area contributed by atoms with Gasteiger partial charge in [0.15, 0.2) is 0 Å². The zero-order chi connectivity index (χ0) is 20.6. The van der Waals surface area contributed by atoms with E-state index in [0.29, 0.717) is 24.2 Å². The van der Waals surface area contributed by atoms with Crippen LogP contribution in [0.15, 0.2) is 54.6 Å². The van der Waals surface area contributed by atoms with Crippen LogP contribution in [0.2, 0.25) is 0 Å². The van der Waals surface area contributed by atoms with Crippen LogP contribution >= 0.6 is 0 Å². The molecule has 29 heavy (non-hydrogen) atoms. The first-order chi connectivity index (χ1) is 14.1. The molecule has 0 bridgehead atoms. The standard InChI is InChI=1S/C23H24N4O2/c1-25-23(29)21-9-6-18(7-10-21)8-11-22(28)27-14-12-26(13-15-27)17-20-4-2-19(16-24)3-5-20/h2-11H,12-15,17H2,1H3,(H,25,29)/b11-8+. The Morgan fingerprint density at radius 3 is 2.28 bits per heavy atom. The summed E-state index contributed by atoms with van der Waals surface area (Å²) in [6.45, 7) is 3.84. The van der Waals surface area contributed by atoms with Crippen LogP contribution in [0.3, 0.4) is 0 Å². The van der Waals surface area contributed by atoms with Crippen LogP contribution in [0.1, 0.15) is 27.0 Å². The first-order valence-electron chi connectivity index (χ1n) is 9.59. The summed E-state index contributed by atoms with van der Waals surface area (Å²) in [4.78, 5) is 28.2. The van der Waals surface area contributed by atoms with Crippen molar-refractivity contribution >= 4 is 17.9 Å². The highest BCUT2D eigenvalue weighted by Gasteiger charge is 2.19. The average Bonchev–Trinajstić information content (AvgIpc) is 2.78. The molecule has 1 heterocycles. The van der Waals surface area contributed by atoms with Crippen molar-refractivity contribution in [2.75, 3.05) is 33.2 Å². The van der Waals surface area contributed by atoms with Crippen molar-refractivity contribution in [3.8, 4) is 6.07 Å². The van der Waals surface area contributed by atoms with Crippen molar-refractivity contribution < 1.29 is 9.59 Å². The number of piperazine rings is 1. The number of carbonyl (C=O) groups excluding carboxylic acids is 2. The monoisotopic (exact) mass is 388 g/mol. The third-order valence-corrected chi connectivity index (χ3v) is 4.99. The Morgan fingerprint density at radius 1 is 1.03 bits per heavy atom. The van der Waals surface area contributed by atoms with E-state index in [4.69, 9.17) is 5.26 Å².